The van der Waals surface area contributed by atoms with Gasteiger partial charge in [0.15, 0.2) is 5.13 Å². The molecule has 5 nitrogen and oxygen atoms in total. The molecule has 1 fully saturated rings. The van der Waals surface area contributed by atoms with Crippen molar-refractivity contribution in [1.82, 2.24) is 9.88 Å². The summed E-state index contributed by atoms with van der Waals surface area (Å²) in [5.74, 6) is 0.215. The molecule has 0 spiro atoms. The van der Waals surface area contributed by atoms with Crippen molar-refractivity contribution in [3.05, 3.63) is 6.20 Å². The Morgan fingerprint density at radius 2 is 2.53 bits per heavy atom. The second-order valence-electron chi connectivity index (χ2n) is 3.72. The Morgan fingerprint density at radius 3 is 3.13 bits per heavy atom. The summed E-state index contributed by atoms with van der Waals surface area (Å²) in [4.78, 5) is 17.1. The maximum absolute atomic E-state index is 11.3. The number of carbonyl (C=O) groups excluding carboxylic acids is 1. The van der Waals surface area contributed by atoms with Crippen molar-refractivity contribution < 1.29 is 4.79 Å². The van der Waals surface area contributed by atoms with E-state index in [4.69, 9.17) is 5.73 Å². The van der Waals surface area contributed by atoms with Gasteiger partial charge in [0.25, 0.3) is 0 Å². The number of likely N-dealkylation sites (tertiary alicyclic amines) is 1. The summed E-state index contributed by atoms with van der Waals surface area (Å²) in [6, 6.07) is 0.290. The Bertz CT molecular complexity index is 365. The third kappa shape index (κ3) is 2.38. The van der Waals surface area contributed by atoms with Crippen molar-refractivity contribution in [1.29, 1.82) is 0 Å². The van der Waals surface area contributed by atoms with Crippen LogP contribution in [-0.4, -0.2) is 35.4 Å². The van der Waals surface area contributed by atoms with Crippen molar-refractivity contribution in [2.24, 2.45) is 0 Å². The lowest BCUT2D eigenvalue weighted by Gasteiger charge is -2.29. The number of likely N-dealkylation sites (N-methyl/N-ethyl adjacent to an activating group) is 1. The van der Waals surface area contributed by atoms with Crippen molar-refractivity contribution in [2.45, 2.75) is 18.9 Å². The minimum absolute atomic E-state index is 0.215. The summed E-state index contributed by atoms with van der Waals surface area (Å²) in [6.07, 6.45) is 3.11. The first kappa shape index (κ1) is 10.2. The maximum Gasteiger partial charge on any atom is 0.222 e. The number of nitrogens with one attached hydrogen (secondary N) is 1. The quantitative estimate of drug-likeness (QED) is 0.781. The summed E-state index contributed by atoms with van der Waals surface area (Å²) >= 11 is 1.44. The predicted octanol–water partition coefficient (Wildman–Crippen LogP) is 0.758. The van der Waals surface area contributed by atoms with Crippen LogP contribution in [0.4, 0.5) is 10.1 Å². The Kier molecular flexibility index (Phi) is 2.77. The van der Waals surface area contributed by atoms with E-state index in [2.05, 4.69) is 10.3 Å². The lowest BCUT2D eigenvalue weighted by molar-refractivity contribution is -0.132. The summed E-state index contributed by atoms with van der Waals surface area (Å²) in [6.45, 7) is 0.734. The van der Waals surface area contributed by atoms with E-state index in [-0.39, 0.29) is 5.91 Å². The normalized spacial score (nSPS) is 21.8. The molecule has 82 valence electrons. The average molecular weight is 226 g/mol. The summed E-state index contributed by atoms with van der Waals surface area (Å²) in [5, 5.41) is 4.83. The zero-order valence-corrected chi connectivity index (χ0v) is 9.38. The number of amides is 1. The van der Waals surface area contributed by atoms with Gasteiger partial charge in [0.05, 0.1) is 6.20 Å². The first-order valence-corrected chi connectivity index (χ1v) is 5.68. The molecule has 1 aromatic heterocycles. The van der Waals surface area contributed by atoms with Crippen LogP contribution >= 0.6 is 11.3 Å². The van der Waals surface area contributed by atoms with E-state index in [9.17, 15) is 4.79 Å². The van der Waals surface area contributed by atoms with Crippen molar-refractivity contribution in [3.63, 3.8) is 0 Å². The molecule has 1 saturated heterocycles. The molecule has 15 heavy (non-hydrogen) atoms. The van der Waals surface area contributed by atoms with Crippen LogP contribution in [0.3, 0.4) is 0 Å². The van der Waals surface area contributed by atoms with Crippen LogP contribution in [0.1, 0.15) is 12.8 Å². The van der Waals surface area contributed by atoms with Crippen LogP contribution in [0.25, 0.3) is 0 Å². The number of carbonyl (C=O) groups is 1. The molecule has 1 aliphatic rings. The summed E-state index contributed by atoms with van der Waals surface area (Å²) < 4.78 is 0. The highest BCUT2D eigenvalue weighted by molar-refractivity contribution is 7.19. The van der Waals surface area contributed by atoms with E-state index in [0.717, 1.165) is 18.1 Å². The van der Waals surface area contributed by atoms with Crippen LogP contribution < -0.4 is 11.1 Å². The van der Waals surface area contributed by atoms with Crippen LogP contribution in [0.15, 0.2) is 6.20 Å². The highest BCUT2D eigenvalue weighted by Crippen LogP contribution is 2.22. The van der Waals surface area contributed by atoms with E-state index in [1.807, 2.05) is 7.05 Å². The molecular formula is C9H14N4OS. The molecule has 0 bridgehead atoms. The average Bonchev–Trinajstić information content (AvgIpc) is 2.58. The van der Waals surface area contributed by atoms with Gasteiger partial charge in [0.1, 0.15) is 5.00 Å². The molecule has 0 aromatic carbocycles. The number of rotatable bonds is 2. The Morgan fingerprint density at radius 1 is 1.73 bits per heavy atom. The van der Waals surface area contributed by atoms with Gasteiger partial charge in [-0.1, -0.05) is 11.3 Å². The van der Waals surface area contributed by atoms with Gasteiger partial charge in [-0.2, -0.15) is 0 Å². The van der Waals surface area contributed by atoms with E-state index in [0.29, 0.717) is 17.5 Å². The minimum Gasteiger partial charge on any atom is -0.389 e. The molecule has 2 rings (SSSR count). The Hall–Kier alpha value is -1.30. The highest BCUT2D eigenvalue weighted by Gasteiger charge is 2.23. The fraction of sp³-hybridized carbons (Fsp3) is 0.556. The maximum atomic E-state index is 11.3. The molecule has 6 heteroatoms. The molecular weight excluding hydrogens is 212 g/mol. The first-order chi connectivity index (χ1) is 7.15. The molecule has 0 saturated carbocycles. The molecule has 3 N–H and O–H groups in total. The van der Waals surface area contributed by atoms with E-state index >= 15 is 0 Å². The monoisotopic (exact) mass is 226 g/mol. The van der Waals surface area contributed by atoms with Crippen molar-refractivity contribution in [2.75, 3.05) is 24.6 Å². The number of anilines is 2. The number of hydrogen-bond acceptors (Lipinski definition) is 5. The van der Waals surface area contributed by atoms with E-state index in [1.165, 1.54) is 11.3 Å². The third-order valence-corrected chi connectivity index (χ3v) is 3.24. The first-order valence-electron chi connectivity index (χ1n) is 4.87. The second-order valence-corrected chi connectivity index (χ2v) is 4.78. The van der Waals surface area contributed by atoms with Crippen LogP contribution in [0.5, 0.6) is 0 Å². The minimum atomic E-state index is 0.215. The fourth-order valence-corrected chi connectivity index (χ4v) is 2.32. The molecule has 1 amide bonds. The number of aromatic nitrogens is 1. The Balaban J connectivity index is 1.93. The number of nitrogens with zero attached hydrogens (tertiary/aromatic N) is 2. The number of nitrogens with two attached hydrogens (primary N) is 1. The zero-order chi connectivity index (χ0) is 10.8. The number of nitrogen functional groups attached to an aromatic ring is 1. The molecule has 1 atom stereocenters. The van der Waals surface area contributed by atoms with Gasteiger partial charge in [-0.05, 0) is 6.42 Å². The Labute approximate surface area is 92.3 Å². The fourth-order valence-electron chi connectivity index (χ4n) is 1.66. The van der Waals surface area contributed by atoms with Gasteiger partial charge in [-0.25, -0.2) is 4.98 Å². The van der Waals surface area contributed by atoms with Gasteiger partial charge in [-0.3, -0.25) is 4.79 Å². The van der Waals surface area contributed by atoms with Crippen molar-refractivity contribution in [3.8, 4) is 0 Å². The van der Waals surface area contributed by atoms with E-state index < -0.39 is 0 Å². The zero-order valence-electron chi connectivity index (χ0n) is 8.56. The highest BCUT2D eigenvalue weighted by atomic mass is 32.1. The summed E-state index contributed by atoms with van der Waals surface area (Å²) in [5.41, 5.74) is 5.58. The van der Waals surface area contributed by atoms with Crippen LogP contribution in [0, 0.1) is 0 Å². The molecule has 1 aromatic rings. The van der Waals surface area contributed by atoms with Crippen LogP contribution in [-0.2, 0) is 4.79 Å². The number of hydrogen-bond donors (Lipinski definition) is 2. The number of piperidine rings is 1. The SMILES string of the molecule is CN1CC(Nc2ncc(N)s2)CCC1=O. The standard InChI is InChI=1S/C9H14N4OS/c1-13-5-6(2-3-8(13)14)12-9-11-4-7(10)15-9/h4,6H,2-3,5,10H2,1H3,(H,11,12). The smallest absolute Gasteiger partial charge is 0.222 e. The largest absolute Gasteiger partial charge is 0.389 e. The van der Waals surface area contributed by atoms with Gasteiger partial charge in [0, 0.05) is 26.1 Å². The predicted molar refractivity (Wildman–Crippen MR) is 60.8 cm³/mol. The van der Waals surface area contributed by atoms with Gasteiger partial charge in [-0.15, -0.1) is 0 Å². The van der Waals surface area contributed by atoms with Gasteiger partial charge < -0.3 is 16.0 Å². The third-order valence-electron chi connectivity index (χ3n) is 2.48. The molecule has 0 aliphatic carbocycles. The van der Waals surface area contributed by atoms with Crippen LogP contribution in [0.2, 0.25) is 0 Å². The van der Waals surface area contributed by atoms with Crippen molar-refractivity contribution >= 4 is 27.4 Å². The molecule has 1 unspecified atom stereocenters. The molecule has 2 heterocycles. The molecule has 0 radical (unpaired) electrons. The number of thiazole rings is 1. The molecule has 1 aliphatic heterocycles. The van der Waals surface area contributed by atoms with Gasteiger partial charge >= 0.3 is 0 Å². The second kappa shape index (κ2) is 4.06. The lowest BCUT2D eigenvalue weighted by Crippen LogP contribution is -2.43. The van der Waals surface area contributed by atoms with Gasteiger partial charge in [0.2, 0.25) is 5.91 Å². The van der Waals surface area contributed by atoms with E-state index in [1.54, 1.807) is 11.1 Å². The topological polar surface area (TPSA) is 71.2 Å². The summed E-state index contributed by atoms with van der Waals surface area (Å²) in [7, 11) is 1.83. The lowest BCUT2D eigenvalue weighted by atomic mass is 10.1.